The van der Waals surface area contributed by atoms with Gasteiger partial charge in [-0.3, -0.25) is 14.5 Å². The van der Waals surface area contributed by atoms with E-state index in [1.807, 2.05) is 9.80 Å². The van der Waals surface area contributed by atoms with E-state index in [0.29, 0.717) is 38.4 Å². The van der Waals surface area contributed by atoms with E-state index in [1.165, 1.54) is 7.11 Å². The molecule has 0 aliphatic carbocycles. The van der Waals surface area contributed by atoms with Crippen LogP contribution in [0.3, 0.4) is 0 Å². The van der Waals surface area contributed by atoms with Gasteiger partial charge in [-0.15, -0.1) is 0 Å². The van der Waals surface area contributed by atoms with Crippen molar-refractivity contribution in [1.82, 2.24) is 14.7 Å². The van der Waals surface area contributed by atoms with Gasteiger partial charge in [0.15, 0.2) is 0 Å². The number of nitrogens with zero attached hydrogens (tertiary/aromatic N) is 3. The fraction of sp³-hybridized carbons (Fsp3) is 0.850. The predicted molar refractivity (Wildman–Crippen MR) is 101 cm³/mol. The number of methoxy groups -OCH3 is 1. The number of carbonyl (C=O) groups is 3. The van der Waals surface area contributed by atoms with Gasteiger partial charge in [-0.25, -0.2) is 4.79 Å². The zero-order valence-electron chi connectivity index (χ0n) is 16.9. The first kappa shape index (κ1) is 20.0. The number of amides is 3. The Balaban J connectivity index is 1.59. The number of hydrogen-bond donors (Lipinski definition) is 0. The molecule has 0 aromatic carbocycles. The molecule has 3 fully saturated rings. The highest BCUT2D eigenvalue weighted by atomic mass is 16.5. The highest BCUT2D eigenvalue weighted by Gasteiger charge is 2.46. The number of likely N-dealkylation sites (tertiary alicyclic amines) is 3. The quantitative estimate of drug-likeness (QED) is 0.753. The molecule has 0 N–H and O–H groups in total. The van der Waals surface area contributed by atoms with Crippen molar-refractivity contribution in [3.63, 3.8) is 0 Å². The van der Waals surface area contributed by atoms with Crippen LogP contribution in [0.5, 0.6) is 0 Å². The Morgan fingerprint density at radius 1 is 1.19 bits per heavy atom. The zero-order chi connectivity index (χ0) is 19.6. The minimum absolute atomic E-state index is 0.0252. The molecule has 0 unspecified atom stereocenters. The number of piperidine rings is 2. The molecule has 7 nitrogen and oxygen atoms in total. The third-order valence-corrected chi connectivity index (χ3v) is 6.32. The van der Waals surface area contributed by atoms with Crippen LogP contribution in [0, 0.1) is 11.3 Å². The lowest BCUT2D eigenvalue weighted by molar-refractivity contribution is -0.139. The Morgan fingerprint density at radius 3 is 2.52 bits per heavy atom. The van der Waals surface area contributed by atoms with E-state index >= 15 is 0 Å². The fourth-order valence-electron chi connectivity index (χ4n) is 4.86. The molecule has 0 saturated carbocycles. The molecule has 3 heterocycles. The van der Waals surface area contributed by atoms with E-state index in [1.54, 1.807) is 4.90 Å². The largest absolute Gasteiger partial charge is 0.453 e. The van der Waals surface area contributed by atoms with E-state index in [4.69, 9.17) is 4.74 Å². The highest BCUT2D eigenvalue weighted by molar-refractivity contribution is 5.86. The summed E-state index contributed by atoms with van der Waals surface area (Å²) in [6.07, 6.45) is 4.51. The minimum atomic E-state index is -0.410. The number of hydrogen-bond acceptors (Lipinski definition) is 4. The summed E-state index contributed by atoms with van der Waals surface area (Å²) in [5.41, 5.74) is 0.0252. The summed E-state index contributed by atoms with van der Waals surface area (Å²) in [4.78, 5) is 42.9. The molecule has 0 aromatic rings. The lowest BCUT2D eigenvalue weighted by Crippen LogP contribution is -2.55. The molecule has 7 heteroatoms. The molecule has 27 heavy (non-hydrogen) atoms. The number of carbonyl (C=O) groups excluding carboxylic acids is 3. The van der Waals surface area contributed by atoms with Crippen LogP contribution in [0.2, 0.25) is 0 Å². The molecular formula is C20H33N3O4. The third-order valence-electron chi connectivity index (χ3n) is 6.32. The predicted octanol–water partition coefficient (Wildman–Crippen LogP) is 2.10. The van der Waals surface area contributed by atoms with Crippen molar-refractivity contribution in [3.8, 4) is 0 Å². The van der Waals surface area contributed by atoms with E-state index in [0.717, 1.165) is 38.8 Å². The first-order valence-corrected chi connectivity index (χ1v) is 10.3. The average Bonchev–Trinajstić information content (AvgIpc) is 2.95. The van der Waals surface area contributed by atoms with Crippen LogP contribution in [0.4, 0.5) is 4.79 Å². The second-order valence-corrected chi connectivity index (χ2v) is 8.85. The lowest BCUT2D eigenvalue weighted by Gasteiger charge is -2.42. The maximum absolute atomic E-state index is 13.1. The molecule has 3 rings (SSSR count). The van der Waals surface area contributed by atoms with Gasteiger partial charge in [0.05, 0.1) is 7.11 Å². The van der Waals surface area contributed by atoms with Crippen LogP contribution < -0.4 is 0 Å². The fourth-order valence-corrected chi connectivity index (χ4v) is 4.86. The topological polar surface area (TPSA) is 70.2 Å². The van der Waals surface area contributed by atoms with E-state index in [9.17, 15) is 14.4 Å². The van der Waals surface area contributed by atoms with Crippen molar-refractivity contribution in [1.29, 1.82) is 0 Å². The van der Waals surface area contributed by atoms with Crippen molar-refractivity contribution >= 4 is 17.9 Å². The second-order valence-electron chi connectivity index (χ2n) is 8.85. The molecule has 3 amide bonds. The smallest absolute Gasteiger partial charge is 0.410 e. The van der Waals surface area contributed by atoms with Gasteiger partial charge in [0.2, 0.25) is 11.8 Å². The zero-order valence-corrected chi connectivity index (χ0v) is 16.9. The first-order valence-electron chi connectivity index (χ1n) is 10.3. The van der Waals surface area contributed by atoms with E-state index in [2.05, 4.69) is 13.8 Å². The maximum atomic E-state index is 13.1. The second kappa shape index (κ2) is 8.07. The summed E-state index contributed by atoms with van der Waals surface area (Å²) in [7, 11) is 1.36. The summed E-state index contributed by atoms with van der Waals surface area (Å²) < 4.78 is 4.86. The molecule has 1 atom stereocenters. The molecule has 0 radical (unpaired) electrons. The number of rotatable bonds is 3. The standard InChI is InChI=1S/C20H33N3O4/c1-15(2)13-22-14-20(12-17(22)24)7-10-21(11-8-20)18(25)16-6-4-5-9-23(16)19(26)27-3/h15-16H,4-14H2,1-3H3/t16-/m1/s1. The Morgan fingerprint density at radius 2 is 1.89 bits per heavy atom. The number of ether oxygens (including phenoxy) is 1. The van der Waals surface area contributed by atoms with Gasteiger partial charge in [0.1, 0.15) is 6.04 Å². The van der Waals surface area contributed by atoms with Crippen molar-refractivity contribution in [2.45, 2.75) is 58.4 Å². The van der Waals surface area contributed by atoms with Crippen LogP contribution in [0.1, 0.15) is 52.4 Å². The average molecular weight is 380 g/mol. The Bertz CT molecular complexity index is 584. The van der Waals surface area contributed by atoms with Crippen LogP contribution in [0.25, 0.3) is 0 Å². The van der Waals surface area contributed by atoms with Gasteiger partial charge in [-0.1, -0.05) is 13.8 Å². The lowest BCUT2D eigenvalue weighted by atomic mass is 9.77. The van der Waals surface area contributed by atoms with Crippen LogP contribution in [-0.2, 0) is 14.3 Å². The highest BCUT2D eigenvalue weighted by Crippen LogP contribution is 2.41. The van der Waals surface area contributed by atoms with Crippen molar-refractivity contribution < 1.29 is 19.1 Å². The summed E-state index contributed by atoms with van der Waals surface area (Å²) in [6.45, 7) is 7.84. The molecule has 1 spiro atoms. The van der Waals surface area contributed by atoms with Gasteiger partial charge < -0.3 is 14.5 Å². The van der Waals surface area contributed by atoms with Gasteiger partial charge in [0, 0.05) is 44.6 Å². The van der Waals surface area contributed by atoms with Crippen molar-refractivity contribution in [2.75, 3.05) is 39.8 Å². The Labute approximate surface area is 162 Å². The van der Waals surface area contributed by atoms with E-state index < -0.39 is 12.1 Å². The van der Waals surface area contributed by atoms with E-state index in [-0.39, 0.29) is 17.2 Å². The van der Waals surface area contributed by atoms with Gasteiger partial charge >= 0.3 is 6.09 Å². The van der Waals surface area contributed by atoms with Crippen molar-refractivity contribution in [3.05, 3.63) is 0 Å². The molecule has 3 aliphatic heterocycles. The molecule has 152 valence electrons. The van der Waals surface area contributed by atoms with Gasteiger partial charge in [0.25, 0.3) is 0 Å². The van der Waals surface area contributed by atoms with Crippen LogP contribution in [-0.4, -0.2) is 78.5 Å². The normalized spacial score (nSPS) is 25.4. The molecule has 3 aliphatic rings. The van der Waals surface area contributed by atoms with Crippen molar-refractivity contribution in [2.24, 2.45) is 11.3 Å². The molecular weight excluding hydrogens is 346 g/mol. The van der Waals surface area contributed by atoms with Gasteiger partial charge in [-0.05, 0) is 38.0 Å². The molecule has 3 saturated heterocycles. The SMILES string of the molecule is COC(=O)N1CCCC[C@@H]1C(=O)N1CCC2(CC1)CC(=O)N(CC(C)C)C2. The minimum Gasteiger partial charge on any atom is -0.453 e. The summed E-state index contributed by atoms with van der Waals surface area (Å²) in [6, 6.07) is -0.400. The Hall–Kier alpha value is -1.79. The Kier molecular flexibility index (Phi) is 5.96. The maximum Gasteiger partial charge on any atom is 0.410 e. The summed E-state index contributed by atoms with van der Waals surface area (Å²) in [5, 5.41) is 0. The van der Waals surface area contributed by atoms with Gasteiger partial charge in [-0.2, -0.15) is 0 Å². The third kappa shape index (κ3) is 4.22. The first-order chi connectivity index (χ1) is 12.8. The summed E-state index contributed by atoms with van der Waals surface area (Å²) >= 11 is 0. The van der Waals surface area contributed by atoms with Crippen LogP contribution in [0.15, 0.2) is 0 Å². The summed E-state index contributed by atoms with van der Waals surface area (Å²) in [5.74, 6) is 0.771. The monoisotopic (exact) mass is 379 g/mol. The van der Waals surface area contributed by atoms with Crippen LogP contribution >= 0.6 is 0 Å². The molecule has 0 bridgehead atoms. The molecule has 0 aromatic heterocycles.